The molecule has 7 nitrogen and oxygen atoms in total. The number of hydrogen-bond donors (Lipinski definition) is 2. The van der Waals surface area contributed by atoms with Crippen molar-refractivity contribution < 1.29 is 9.59 Å². The van der Waals surface area contributed by atoms with Crippen LogP contribution in [0.4, 0.5) is 11.5 Å². The highest BCUT2D eigenvalue weighted by molar-refractivity contribution is 7.21. The van der Waals surface area contributed by atoms with Crippen molar-refractivity contribution in [2.24, 2.45) is 5.92 Å². The number of thiazole rings is 1. The lowest BCUT2D eigenvalue weighted by Gasteiger charge is -2.34. The second-order valence-corrected chi connectivity index (χ2v) is 10.3. The Kier molecular flexibility index (Phi) is 7.06. The summed E-state index contributed by atoms with van der Waals surface area (Å²) in [7, 11) is 0. The Hall–Kier alpha value is -3.62. The van der Waals surface area contributed by atoms with Crippen molar-refractivity contribution in [3.05, 3.63) is 72.4 Å². The Morgan fingerprint density at radius 1 is 1.03 bits per heavy atom. The van der Waals surface area contributed by atoms with Gasteiger partial charge < -0.3 is 10.6 Å². The maximum Gasteiger partial charge on any atom is 0.241 e. The molecule has 2 aromatic heterocycles. The largest absolute Gasteiger partial charge is 0.325 e. The quantitative estimate of drug-likeness (QED) is 0.374. The summed E-state index contributed by atoms with van der Waals surface area (Å²) in [5.74, 6) is 0.447. The van der Waals surface area contributed by atoms with Crippen LogP contribution in [0.15, 0.2) is 66.9 Å². The van der Waals surface area contributed by atoms with E-state index in [0.29, 0.717) is 31.7 Å². The summed E-state index contributed by atoms with van der Waals surface area (Å²) in [5.41, 5.74) is 4.02. The molecule has 2 N–H and O–H groups in total. The van der Waals surface area contributed by atoms with Gasteiger partial charge in [-0.25, -0.2) is 9.97 Å². The number of carbonyl (C=O) groups excluding carboxylic acids is 2. The number of nitrogens with one attached hydrogen (secondary N) is 2. The van der Waals surface area contributed by atoms with Crippen LogP contribution < -0.4 is 10.6 Å². The number of likely N-dealkylation sites (tertiary alicyclic amines) is 1. The number of anilines is 2. The SMILES string of the molecule is Cc1ccc2nc(-c3ccc(NC(=O)C(C)N4CCC(C(=O)Nc5ccccn5)CC4)cc3)sc2c1. The van der Waals surface area contributed by atoms with Gasteiger partial charge in [-0.2, -0.15) is 0 Å². The first kappa shape index (κ1) is 24.1. The Balaban J connectivity index is 1.14. The van der Waals surface area contributed by atoms with E-state index in [2.05, 4.69) is 45.6 Å². The molecular formula is C28H29N5O2S. The second kappa shape index (κ2) is 10.6. The van der Waals surface area contributed by atoms with Gasteiger partial charge >= 0.3 is 0 Å². The standard InChI is InChI=1S/C28H29N5O2S/c1-18-6-11-23-24(17-18)36-28(31-23)21-7-9-22(10-8-21)30-26(34)19(2)33-15-12-20(13-16-33)27(35)32-25-5-3-4-14-29-25/h3-11,14,17,19-20H,12-13,15-16H2,1-2H3,(H,30,34)(H,29,32,35). The number of pyridine rings is 1. The fourth-order valence-corrected chi connectivity index (χ4v) is 5.55. The molecule has 8 heteroatoms. The van der Waals surface area contributed by atoms with Crippen LogP contribution in [0.5, 0.6) is 0 Å². The van der Waals surface area contributed by atoms with Crippen LogP contribution in [0.1, 0.15) is 25.3 Å². The van der Waals surface area contributed by atoms with E-state index >= 15 is 0 Å². The number of aromatic nitrogens is 2. The summed E-state index contributed by atoms with van der Waals surface area (Å²) in [6.45, 7) is 5.40. The van der Waals surface area contributed by atoms with Crippen molar-refractivity contribution in [3.63, 3.8) is 0 Å². The first-order chi connectivity index (χ1) is 17.5. The number of benzene rings is 2. The lowest BCUT2D eigenvalue weighted by molar-refractivity contribution is -0.123. The van der Waals surface area contributed by atoms with Crippen LogP contribution in [0, 0.1) is 12.8 Å². The van der Waals surface area contributed by atoms with Gasteiger partial charge in [0.1, 0.15) is 10.8 Å². The number of nitrogens with zero attached hydrogens (tertiary/aromatic N) is 3. The molecule has 4 aromatic rings. The van der Waals surface area contributed by atoms with Crippen molar-refractivity contribution >= 4 is 44.9 Å². The van der Waals surface area contributed by atoms with Crippen molar-refractivity contribution in [2.45, 2.75) is 32.7 Å². The molecule has 0 saturated carbocycles. The Morgan fingerprint density at radius 2 is 1.81 bits per heavy atom. The van der Waals surface area contributed by atoms with Gasteiger partial charge in [-0.15, -0.1) is 11.3 Å². The molecular weight excluding hydrogens is 470 g/mol. The maximum atomic E-state index is 12.9. The zero-order valence-electron chi connectivity index (χ0n) is 20.4. The molecule has 1 aliphatic heterocycles. The summed E-state index contributed by atoms with van der Waals surface area (Å²) in [6.07, 6.45) is 3.09. The summed E-state index contributed by atoms with van der Waals surface area (Å²) in [6, 6.07) is 19.3. The zero-order chi connectivity index (χ0) is 25.1. The topological polar surface area (TPSA) is 87.2 Å². The van der Waals surface area contributed by atoms with Crippen LogP contribution >= 0.6 is 11.3 Å². The third-order valence-corrected chi connectivity index (χ3v) is 7.75. The monoisotopic (exact) mass is 499 g/mol. The molecule has 2 aromatic carbocycles. The van der Waals surface area contributed by atoms with E-state index in [9.17, 15) is 9.59 Å². The van der Waals surface area contributed by atoms with Crippen molar-refractivity contribution in [1.82, 2.24) is 14.9 Å². The molecule has 3 heterocycles. The van der Waals surface area contributed by atoms with Crippen LogP contribution in [-0.4, -0.2) is 45.8 Å². The van der Waals surface area contributed by atoms with Crippen LogP contribution in [0.2, 0.25) is 0 Å². The fraction of sp³-hybridized carbons (Fsp3) is 0.286. The van der Waals surface area contributed by atoms with Crippen molar-refractivity contribution in [2.75, 3.05) is 23.7 Å². The van der Waals surface area contributed by atoms with Gasteiger partial charge in [-0.3, -0.25) is 14.5 Å². The van der Waals surface area contributed by atoms with Gasteiger partial charge in [0.15, 0.2) is 0 Å². The van der Waals surface area contributed by atoms with Crippen molar-refractivity contribution in [1.29, 1.82) is 0 Å². The highest BCUT2D eigenvalue weighted by Crippen LogP contribution is 2.31. The first-order valence-corrected chi connectivity index (χ1v) is 13.0. The molecule has 2 amide bonds. The van der Waals surface area contributed by atoms with E-state index in [4.69, 9.17) is 4.98 Å². The second-order valence-electron chi connectivity index (χ2n) is 9.25. The molecule has 36 heavy (non-hydrogen) atoms. The molecule has 5 rings (SSSR count). The third-order valence-electron chi connectivity index (χ3n) is 6.69. The summed E-state index contributed by atoms with van der Waals surface area (Å²) in [4.78, 5) is 36.5. The molecule has 1 atom stereocenters. The smallest absolute Gasteiger partial charge is 0.241 e. The molecule has 1 fully saturated rings. The first-order valence-electron chi connectivity index (χ1n) is 12.2. The van der Waals surface area contributed by atoms with Crippen molar-refractivity contribution in [3.8, 4) is 10.6 Å². The number of fused-ring (bicyclic) bond motifs is 1. The molecule has 0 bridgehead atoms. The summed E-state index contributed by atoms with van der Waals surface area (Å²) in [5, 5.41) is 6.89. The number of rotatable bonds is 6. The lowest BCUT2D eigenvalue weighted by Crippen LogP contribution is -2.47. The minimum atomic E-state index is -0.281. The average Bonchev–Trinajstić information content (AvgIpc) is 3.32. The number of aryl methyl sites for hydroxylation is 1. The van der Waals surface area contributed by atoms with E-state index < -0.39 is 0 Å². The summed E-state index contributed by atoms with van der Waals surface area (Å²) < 4.78 is 1.18. The molecule has 184 valence electrons. The molecule has 0 spiro atoms. The fourth-order valence-electron chi connectivity index (χ4n) is 4.48. The predicted molar refractivity (Wildman–Crippen MR) is 145 cm³/mol. The highest BCUT2D eigenvalue weighted by atomic mass is 32.1. The Bertz CT molecular complexity index is 1360. The Labute approximate surface area is 214 Å². The minimum absolute atomic E-state index is 0.00574. The van der Waals surface area contributed by atoms with Crippen LogP contribution in [0.25, 0.3) is 20.8 Å². The number of carbonyl (C=O) groups is 2. The molecule has 0 aliphatic carbocycles. The number of hydrogen-bond acceptors (Lipinski definition) is 6. The van der Waals surface area contributed by atoms with Gasteiger partial charge in [0, 0.05) is 23.4 Å². The minimum Gasteiger partial charge on any atom is -0.325 e. The average molecular weight is 500 g/mol. The van der Waals surface area contributed by atoms with E-state index in [1.807, 2.05) is 43.3 Å². The van der Waals surface area contributed by atoms with Gasteiger partial charge in [-0.1, -0.05) is 12.1 Å². The number of piperidine rings is 1. The van der Waals surface area contributed by atoms with E-state index in [0.717, 1.165) is 21.8 Å². The van der Waals surface area contributed by atoms with Crippen LogP contribution in [-0.2, 0) is 9.59 Å². The molecule has 0 radical (unpaired) electrons. The van der Waals surface area contributed by atoms with E-state index in [1.54, 1.807) is 23.6 Å². The van der Waals surface area contributed by atoms with Gasteiger partial charge in [0.2, 0.25) is 11.8 Å². The van der Waals surface area contributed by atoms with Gasteiger partial charge in [-0.05, 0) is 93.9 Å². The normalized spacial score (nSPS) is 15.5. The van der Waals surface area contributed by atoms with E-state index in [1.165, 1.54) is 10.3 Å². The van der Waals surface area contributed by atoms with Gasteiger partial charge in [0.05, 0.1) is 16.3 Å². The Morgan fingerprint density at radius 3 is 2.53 bits per heavy atom. The van der Waals surface area contributed by atoms with Gasteiger partial charge in [0.25, 0.3) is 0 Å². The third kappa shape index (κ3) is 5.45. The number of amides is 2. The highest BCUT2D eigenvalue weighted by Gasteiger charge is 2.30. The van der Waals surface area contributed by atoms with E-state index in [-0.39, 0.29) is 23.8 Å². The molecule has 1 unspecified atom stereocenters. The van der Waals surface area contributed by atoms with Crippen LogP contribution in [0.3, 0.4) is 0 Å². The maximum absolute atomic E-state index is 12.9. The molecule has 1 aliphatic rings. The summed E-state index contributed by atoms with van der Waals surface area (Å²) >= 11 is 1.67. The molecule has 1 saturated heterocycles. The predicted octanol–water partition coefficient (Wildman–Crippen LogP) is 5.34. The zero-order valence-corrected chi connectivity index (χ0v) is 21.2. The lowest BCUT2D eigenvalue weighted by atomic mass is 9.95.